The number of fused-ring (bicyclic) bond motifs is 1. The summed E-state index contributed by atoms with van der Waals surface area (Å²) in [6.07, 6.45) is 4.01. The molecule has 1 aromatic rings. The monoisotopic (exact) mass is 227 g/mol. The Kier molecular flexibility index (Phi) is 1.92. The fourth-order valence-corrected chi connectivity index (χ4v) is 1.96. The number of pyridine rings is 1. The number of rotatable bonds is 0. The standard InChI is InChI=1S/C8H10BrN3/c9-6-4-12-8(10)7-5(6)2-1-3-11-7/h4,11H,1-3H2,(H2,10,12). The number of aromatic nitrogens is 1. The zero-order valence-electron chi connectivity index (χ0n) is 6.60. The third-order valence-corrected chi connectivity index (χ3v) is 2.75. The number of nitrogens with one attached hydrogen (secondary N) is 1. The summed E-state index contributed by atoms with van der Waals surface area (Å²) in [5, 5.41) is 3.25. The van der Waals surface area contributed by atoms with Crippen LogP contribution in [0.4, 0.5) is 11.5 Å². The number of anilines is 2. The molecule has 0 radical (unpaired) electrons. The first-order valence-electron chi connectivity index (χ1n) is 3.96. The summed E-state index contributed by atoms with van der Waals surface area (Å²) >= 11 is 3.46. The molecule has 0 amide bonds. The van der Waals surface area contributed by atoms with Gasteiger partial charge in [0, 0.05) is 17.2 Å². The molecular weight excluding hydrogens is 218 g/mol. The summed E-state index contributed by atoms with van der Waals surface area (Å²) in [5.74, 6) is 0.605. The van der Waals surface area contributed by atoms with E-state index in [1.165, 1.54) is 5.56 Å². The van der Waals surface area contributed by atoms with E-state index in [0.717, 1.165) is 29.5 Å². The fraction of sp³-hybridized carbons (Fsp3) is 0.375. The van der Waals surface area contributed by atoms with Gasteiger partial charge < -0.3 is 11.1 Å². The van der Waals surface area contributed by atoms with Crippen molar-refractivity contribution in [3.63, 3.8) is 0 Å². The van der Waals surface area contributed by atoms with Gasteiger partial charge in [0.1, 0.15) is 5.82 Å². The Labute approximate surface area is 79.5 Å². The first-order chi connectivity index (χ1) is 5.79. The van der Waals surface area contributed by atoms with E-state index in [9.17, 15) is 0 Å². The van der Waals surface area contributed by atoms with Crippen LogP contribution in [-0.2, 0) is 6.42 Å². The Morgan fingerprint density at radius 2 is 2.42 bits per heavy atom. The van der Waals surface area contributed by atoms with E-state index in [0.29, 0.717) is 5.82 Å². The Balaban J connectivity index is 2.57. The molecule has 0 atom stereocenters. The van der Waals surface area contributed by atoms with Crippen molar-refractivity contribution in [3.05, 3.63) is 16.2 Å². The van der Waals surface area contributed by atoms with Crippen molar-refractivity contribution in [3.8, 4) is 0 Å². The van der Waals surface area contributed by atoms with Crippen molar-refractivity contribution < 1.29 is 0 Å². The molecule has 2 heterocycles. The lowest BCUT2D eigenvalue weighted by atomic mass is 10.1. The Morgan fingerprint density at radius 1 is 1.58 bits per heavy atom. The van der Waals surface area contributed by atoms with Gasteiger partial charge >= 0.3 is 0 Å². The highest BCUT2D eigenvalue weighted by Gasteiger charge is 2.14. The molecule has 1 aliphatic heterocycles. The maximum Gasteiger partial charge on any atom is 0.147 e. The molecule has 64 valence electrons. The smallest absolute Gasteiger partial charge is 0.147 e. The van der Waals surface area contributed by atoms with Crippen molar-refractivity contribution in [1.82, 2.24) is 4.98 Å². The Bertz CT molecular complexity index is 280. The van der Waals surface area contributed by atoms with Crippen molar-refractivity contribution in [2.24, 2.45) is 0 Å². The van der Waals surface area contributed by atoms with Crippen LogP contribution in [0.3, 0.4) is 0 Å². The third kappa shape index (κ3) is 1.16. The predicted molar refractivity (Wildman–Crippen MR) is 53.2 cm³/mol. The minimum Gasteiger partial charge on any atom is -0.382 e. The molecule has 0 spiro atoms. The van der Waals surface area contributed by atoms with Crippen LogP contribution in [0.15, 0.2) is 10.7 Å². The zero-order chi connectivity index (χ0) is 8.55. The molecule has 3 N–H and O–H groups in total. The van der Waals surface area contributed by atoms with Gasteiger partial charge in [0.2, 0.25) is 0 Å². The summed E-state index contributed by atoms with van der Waals surface area (Å²) in [6, 6.07) is 0. The largest absolute Gasteiger partial charge is 0.382 e. The predicted octanol–water partition coefficient (Wildman–Crippen LogP) is 1.78. The number of halogens is 1. The molecule has 0 fully saturated rings. The van der Waals surface area contributed by atoms with Gasteiger partial charge in [-0.2, -0.15) is 0 Å². The average Bonchev–Trinajstić information content (AvgIpc) is 2.12. The third-order valence-electron chi connectivity index (χ3n) is 2.07. The lowest BCUT2D eigenvalue weighted by Gasteiger charge is -2.19. The van der Waals surface area contributed by atoms with Gasteiger partial charge in [-0.3, -0.25) is 0 Å². The first-order valence-corrected chi connectivity index (χ1v) is 4.75. The van der Waals surface area contributed by atoms with Crippen molar-refractivity contribution >= 4 is 27.4 Å². The molecule has 4 heteroatoms. The van der Waals surface area contributed by atoms with Gasteiger partial charge in [0.25, 0.3) is 0 Å². The van der Waals surface area contributed by atoms with Gasteiger partial charge in [0.05, 0.1) is 5.69 Å². The van der Waals surface area contributed by atoms with Crippen molar-refractivity contribution in [2.75, 3.05) is 17.6 Å². The van der Waals surface area contributed by atoms with Crippen LogP contribution in [-0.4, -0.2) is 11.5 Å². The first kappa shape index (κ1) is 7.86. The van der Waals surface area contributed by atoms with Crippen molar-refractivity contribution in [1.29, 1.82) is 0 Å². The lowest BCUT2D eigenvalue weighted by molar-refractivity contribution is 0.824. The topological polar surface area (TPSA) is 50.9 Å². The number of hydrogen-bond donors (Lipinski definition) is 2. The molecule has 0 aliphatic carbocycles. The number of nitrogens with two attached hydrogens (primary N) is 1. The average molecular weight is 228 g/mol. The molecule has 2 rings (SSSR count). The van der Waals surface area contributed by atoms with Crippen LogP contribution in [0.1, 0.15) is 12.0 Å². The van der Waals surface area contributed by atoms with Crippen LogP contribution < -0.4 is 11.1 Å². The second-order valence-electron chi connectivity index (χ2n) is 2.88. The highest BCUT2D eigenvalue weighted by molar-refractivity contribution is 9.10. The summed E-state index contributed by atoms with van der Waals surface area (Å²) in [5.41, 5.74) is 7.98. The van der Waals surface area contributed by atoms with Gasteiger partial charge in [-0.15, -0.1) is 0 Å². The molecule has 1 aromatic heterocycles. The lowest BCUT2D eigenvalue weighted by Crippen LogP contribution is -2.14. The summed E-state index contributed by atoms with van der Waals surface area (Å²) in [6.45, 7) is 0.995. The molecule has 12 heavy (non-hydrogen) atoms. The normalized spacial score (nSPS) is 15.1. The van der Waals surface area contributed by atoms with Gasteiger partial charge in [-0.1, -0.05) is 0 Å². The molecule has 3 nitrogen and oxygen atoms in total. The van der Waals surface area contributed by atoms with Crippen LogP contribution in [0, 0.1) is 0 Å². The maximum atomic E-state index is 5.72. The highest BCUT2D eigenvalue weighted by Crippen LogP contribution is 2.31. The van der Waals surface area contributed by atoms with Crippen LogP contribution in [0.2, 0.25) is 0 Å². The summed E-state index contributed by atoms with van der Waals surface area (Å²) < 4.78 is 1.05. The summed E-state index contributed by atoms with van der Waals surface area (Å²) in [4.78, 5) is 4.06. The van der Waals surface area contributed by atoms with E-state index in [1.54, 1.807) is 6.20 Å². The number of hydrogen-bond acceptors (Lipinski definition) is 3. The molecular formula is C8H10BrN3. The van der Waals surface area contributed by atoms with Gasteiger partial charge in [0.15, 0.2) is 0 Å². The SMILES string of the molecule is Nc1ncc(Br)c2c1NCCC2. The molecule has 0 aromatic carbocycles. The minimum absolute atomic E-state index is 0.605. The fourth-order valence-electron chi connectivity index (χ4n) is 1.46. The van der Waals surface area contributed by atoms with E-state index in [-0.39, 0.29) is 0 Å². The number of nitrogens with zero attached hydrogens (tertiary/aromatic N) is 1. The summed E-state index contributed by atoms with van der Waals surface area (Å²) in [7, 11) is 0. The quantitative estimate of drug-likeness (QED) is 0.711. The minimum atomic E-state index is 0.605. The molecule has 0 saturated heterocycles. The van der Waals surface area contributed by atoms with E-state index in [2.05, 4.69) is 26.2 Å². The van der Waals surface area contributed by atoms with Crippen LogP contribution in [0.25, 0.3) is 0 Å². The molecule has 1 aliphatic rings. The van der Waals surface area contributed by atoms with Crippen LogP contribution >= 0.6 is 15.9 Å². The second kappa shape index (κ2) is 2.94. The second-order valence-corrected chi connectivity index (χ2v) is 3.73. The molecule has 0 bridgehead atoms. The molecule has 0 unspecified atom stereocenters. The van der Waals surface area contributed by atoms with Crippen LogP contribution in [0.5, 0.6) is 0 Å². The van der Waals surface area contributed by atoms with Gasteiger partial charge in [-0.25, -0.2) is 4.98 Å². The van der Waals surface area contributed by atoms with E-state index < -0.39 is 0 Å². The van der Waals surface area contributed by atoms with Crippen molar-refractivity contribution in [2.45, 2.75) is 12.8 Å². The maximum absolute atomic E-state index is 5.72. The van der Waals surface area contributed by atoms with E-state index in [1.807, 2.05) is 0 Å². The Morgan fingerprint density at radius 3 is 3.17 bits per heavy atom. The van der Waals surface area contributed by atoms with Gasteiger partial charge in [-0.05, 0) is 34.3 Å². The van der Waals surface area contributed by atoms with E-state index in [4.69, 9.17) is 5.73 Å². The zero-order valence-corrected chi connectivity index (χ0v) is 8.19. The number of nitrogen functional groups attached to an aromatic ring is 1. The molecule has 0 saturated carbocycles. The Hall–Kier alpha value is -0.770. The van der Waals surface area contributed by atoms with E-state index >= 15 is 0 Å². The highest BCUT2D eigenvalue weighted by atomic mass is 79.9.